The highest BCUT2D eigenvalue weighted by atomic mass is 16.5. The zero-order valence-electron chi connectivity index (χ0n) is 10.8. The highest BCUT2D eigenvalue weighted by Gasteiger charge is 2.09. The van der Waals surface area contributed by atoms with Crippen molar-refractivity contribution in [3.8, 4) is 0 Å². The first kappa shape index (κ1) is 13.1. The van der Waals surface area contributed by atoms with Gasteiger partial charge in [0.15, 0.2) is 0 Å². The molecule has 1 heterocycles. The molecule has 4 heteroatoms. The fraction of sp³-hybridized carbons (Fsp3) is 0.500. The van der Waals surface area contributed by atoms with Gasteiger partial charge in [-0.2, -0.15) is 0 Å². The SMILES string of the molecule is COCCCn1c(CCCO)nc2ccccc21. The van der Waals surface area contributed by atoms with Crippen LogP contribution >= 0.6 is 0 Å². The van der Waals surface area contributed by atoms with Gasteiger partial charge in [0.1, 0.15) is 5.82 Å². The summed E-state index contributed by atoms with van der Waals surface area (Å²) in [6.07, 6.45) is 2.55. The maximum Gasteiger partial charge on any atom is 0.109 e. The largest absolute Gasteiger partial charge is 0.396 e. The maximum atomic E-state index is 8.95. The number of benzene rings is 1. The fourth-order valence-electron chi connectivity index (χ4n) is 2.17. The predicted molar refractivity (Wildman–Crippen MR) is 71.6 cm³/mol. The Bertz CT molecular complexity index is 493. The lowest BCUT2D eigenvalue weighted by Crippen LogP contribution is -2.07. The number of methoxy groups -OCH3 is 1. The van der Waals surface area contributed by atoms with Gasteiger partial charge in [0.05, 0.1) is 11.0 Å². The molecule has 2 aromatic rings. The van der Waals surface area contributed by atoms with E-state index in [1.807, 2.05) is 18.2 Å². The number of ether oxygens (including phenoxy) is 1. The molecular weight excluding hydrogens is 228 g/mol. The van der Waals surface area contributed by atoms with Crippen molar-refractivity contribution in [2.24, 2.45) is 0 Å². The molecule has 0 aliphatic rings. The summed E-state index contributed by atoms with van der Waals surface area (Å²) in [6.45, 7) is 1.88. The molecule has 0 unspecified atom stereocenters. The molecule has 2 rings (SSSR count). The maximum absolute atomic E-state index is 8.95. The first-order valence-corrected chi connectivity index (χ1v) is 6.40. The number of rotatable bonds is 7. The van der Waals surface area contributed by atoms with Crippen LogP contribution in [0, 0.1) is 0 Å². The van der Waals surface area contributed by atoms with E-state index in [2.05, 4.69) is 15.6 Å². The van der Waals surface area contributed by atoms with Crippen LogP contribution in [0.4, 0.5) is 0 Å². The van der Waals surface area contributed by atoms with Crippen LogP contribution in [0.2, 0.25) is 0 Å². The molecule has 0 saturated heterocycles. The van der Waals surface area contributed by atoms with Gasteiger partial charge < -0.3 is 14.4 Å². The highest BCUT2D eigenvalue weighted by Crippen LogP contribution is 2.17. The van der Waals surface area contributed by atoms with E-state index in [1.54, 1.807) is 7.11 Å². The smallest absolute Gasteiger partial charge is 0.109 e. The first-order chi connectivity index (χ1) is 8.86. The molecule has 0 atom stereocenters. The number of hydrogen-bond donors (Lipinski definition) is 1. The molecular formula is C14H20N2O2. The Hall–Kier alpha value is -1.39. The Labute approximate surface area is 107 Å². The fourth-order valence-corrected chi connectivity index (χ4v) is 2.17. The Balaban J connectivity index is 2.25. The normalized spacial score (nSPS) is 11.2. The molecule has 4 nitrogen and oxygen atoms in total. The number of para-hydroxylation sites is 2. The van der Waals surface area contributed by atoms with Crippen LogP contribution in [-0.4, -0.2) is 35.0 Å². The van der Waals surface area contributed by atoms with Gasteiger partial charge in [-0.3, -0.25) is 0 Å². The van der Waals surface area contributed by atoms with Crippen molar-refractivity contribution < 1.29 is 9.84 Å². The van der Waals surface area contributed by atoms with E-state index in [4.69, 9.17) is 9.84 Å². The summed E-state index contributed by atoms with van der Waals surface area (Å²) in [4.78, 5) is 4.64. The van der Waals surface area contributed by atoms with Gasteiger partial charge in [-0.1, -0.05) is 12.1 Å². The van der Waals surface area contributed by atoms with Crippen molar-refractivity contribution in [2.45, 2.75) is 25.8 Å². The lowest BCUT2D eigenvalue weighted by atomic mass is 10.3. The topological polar surface area (TPSA) is 47.3 Å². The van der Waals surface area contributed by atoms with Crippen molar-refractivity contribution in [3.63, 3.8) is 0 Å². The van der Waals surface area contributed by atoms with Crippen molar-refractivity contribution >= 4 is 11.0 Å². The van der Waals surface area contributed by atoms with E-state index in [0.29, 0.717) is 0 Å². The number of hydrogen-bond acceptors (Lipinski definition) is 3. The minimum Gasteiger partial charge on any atom is -0.396 e. The summed E-state index contributed by atoms with van der Waals surface area (Å²) in [7, 11) is 1.72. The van der Waals surface area contributed by atoms with Crippen molar-refractivity contribution in [3.05, 3.63) is 30.1 Å². The van der Waals surface area contributed by atoms with Crippen LogP contribution in [0.1, 0.15) is 18.7 Å². The van der Waals surface area contributed by atoms with Crippen LogP contribution in [-0.2, 0) is 17.7 Å². The molecule has 0 radical (unpaired) electrons. The van der Waals surface area contributed by atoms with E-state index in [0.717, 1.165) is 43.8 Å². The number of aliphatic hydroxyl groups excluding tert-OH is 1. The Morgan fingerprint density at radius 2 is 2.11 bits per heavy atom. The van der Waals surface area contributed by atoms with E-state index in [1.165, 1.54) is 5.52 Å². The molecule has 0 saturated carbocycles. The van der Waals surface area contributed by atoms with Gasteiger partial charge in [0.2, 0.25) is 0 Å². The summed E-state index contributed by atoms with van der Waals surface area (Å²) < 4.78 is 7.34. The van der Waals surface area contributed by atoms with Gasteiger partial charge in [-0.25, -0.2) is 4.98 Å². The van der Waals surface area contributed by atoms with Gasteiger partial charge >= 0.3 is 0 Å². The van der Waals surface area contributed by atoms with Crippen molar-refractivity contribution in [1.82, 2.24) is 9.55 Å². The minimum atomic E-state index is 0.210. The van der Waals surface area contributed by atoms with E-state index in [-0.39, 0.29) is 6.61 Å². The summed E-state index contributed by atoms with van der Waals surface area (Å²) >= 11 is 0. The molecule has 0 aliphatic carbocycles. The van der Waals surface area contributed by atoms with Crippen LogP contribution in [0.5, 0.6) is 0 Å². The second-order valence-corrected chi connectivity index (χ2v) is 4.34. The number of aromatic nitrogens is 2. The molecule has 0 aliphatic heterocycles. The third-order valence-electron chi connectivity index (χ3n) is 3.02. The molecule has 1 aromatic carbocycles. The molecule has 98 valence electrons. The molecule has 0 amide bonds. The first-order valence-electron chi connectivity index (χ1n) is 6.40. The molecule has 0 fully saturated rings. The van der Waals surface area contributed by atoms with Crippen LogP contribution in [0.3, 0.4) is 0 Å². The van der Waals surface area contributed by atoms with Gasteiger partial charge in [0.25, 0.3) is 0 Å². The standard InChI is InChI=1S/C14H20N2O2/c1-18-11-5-9-16-13-7-3-2-6-12(13)15-14(16)8-4-10-17/h2-3,6-7,17H,4-5,8-11H2,1H3. The zero-order chi connectivity index (χ0) is 12.8. The minimum absolute atomic E-state index is 0.210. The predicted octanol–water partition coefficient (Wildman–Crippen LogP) is 2.00. The average Bonchev–Trinajstić information content (AvgIpc) is 2.75. The van der Waals surface area contributed by atoms with Gasteiger partial charge in [-0.05, 0) is 25.0 Å². The van der Waals surface area contributed by atoms with Crippen LogP contribution in [0.15, 0.2) is 24.3 Å². The number of aryl methyl sites for hydroxylation is 2. The van der Waals surface area contributed by atoms with Crippen molar-refractivity contribution in [2.75, 3.05) is 20.3 Å². The lowest BCUT2D eigenvalue weighted by molar-refractivity contribution is 0.190. The summed E-state index contributed by atoms with van der Waals surface area (Å²) in [6, 6.07) is 8.17. The van der Waals surface area contributed by atoms with E-state index in [9.17, 15) is 0 Å². The molecule has 0 spiro atoms. The third kappa shape index (κ3) is 2.89. The van der Waals surface area contributed by atoms with Crippen LogP contribution < -0.4 is 0 Å². The zero-order valence-corrected chi connectivity index (χ0v) is 10.8. The average molecular weight is 248 g/mol. The molecule has 1 N–H and O–H groups in total. The monoisotopic (exact) mass is 248 g/mol. The molecule has 18 heavy (non-hydrogen) atoms. The van der Waals surface area contributed by atoms with E-state index >= 15 is 0 Å². The second-order valence-electron chi connectivity index (χ2n) is 4.34. The molecule has 0 bridgehead atoms. The number of aliphatic hydroxyl groups is 1. The number of nitrogens with zero attached hydrogens (tertiary/aromatic N) is 2. The van der Waals surface area contributed by atoms with Crippen LogP contribution in [0.25, 0.3) is 11.0 Å². The Kier molecular flexibility index (Phi) is 4.73. The van der Waals surface area contributed by atoms with E-state index < -0.39 is 0 Å². The lowest BCUT2D eigenvalue weighted by Gasteiger charge is -2.08. The molecule has 1 aromatic heterocycles. The summed E-state index contributed by atoms with van der Waals surface area (Å²) in [5, 5.41) is 8.95. The van der Waals surface area contributed by atoms with Gasteiger partial charge in [0, 0.05) is 33.3 Å². The Morgan fingerprint density at radius 1 is 1.28 bits per heavy atom. The third-order valence-corrected chi connectivity index (χ3v) is 3.02. The quantitative estimate of drug-likeness (QED) is 0.762. The Morgan fingerprint density at radius 3 is 2.89 bits per heavy atom. The highest BCUT2D eigenvalue weighted by molar-refractivity contribution is 5.75. The summed E-state index contributed by atoms with van der Waals surface area (Å²) in [5.41, 5.74) is 2.20. The van der Waals surface area contributed by atoms with Crippen molar-refractivity contribution in [1.29, 1.82) is 0 Å². The second kappa shape index (κ2) is 6.52. The summed E-state index contributed by atoms with van der Waals surface area (Å²) in [5.74, 6) is 1.06. The number of imidazole rings is 1. The van der Waals surface area contributed by atoms with Gasteiger partial charge in [-0.15, -0.1) is 0 Å². The number of fused-ring (bicyclic) bond motifs is 1.